The van der Waals surface area contributed by atoms with Gasteiger partial charge in [0.15, 0.2) is 0 Å². The summed E-state index contributed by atoms with van der Waals surface area (Å²) in [5.74, 6) is 0.0584. The van der Waals surface area contributed by atoms with Crippen LogP contribution < -0.4 is 10.6 Å². The maximum absolute atomic E-state index is 12.0. The van der Waals surface area contributed by atoms with Gasteiger partial charge >= 0.3 is 0 Å². The van der Waals surface area contributed by atoms with Gasteiger partial charge in [-0.25, -0.2) is 0 Å². The standard InChI is InChI=1S/C17H19N3O2S/c1-2-8-19-17(22)13-4-3-5-14(11-13)20-16(21)12-23-15-6-9-18-10-7-15/h3-7,9-11H,2,8,12H2,1H3,(H,19,22)(H,20,21). The zero-order chi connectivity index (χ0) is 16.5. The second kappa shape index (κ2) is 8.95. The zero-order valence-electron chi connectivity index (χ0n) is 12.9. The number of benzene rings is 1. The Balaban J connectivity index is 1.89. The predicted octanol–water partition coefficient (Wildman–Crippen LogP) is 2.95. The first-order chi connectivity index (χ1) is 11.2. The average Bonchev–Trinajstić information content (AvgIpc) is 2.59. The van der Waals surface area contributed by atoms with E-state index in [1.54, 1.807) is 36.7 Å². The van der Waals surface area contributed by atoms with Gasteiger partial charge in [-0.1, -0.05) is 13.0 Å². The number of hydrogen-bond acceptors (Lipinski definition) is 4. The first-order valence-corrected chi connectivity index (χ1v) is 8.38. The van der Waals surface area contributed by atoms with Gasteiger partial charge in [-0.2, -0.15) is 0 Å². The molecule has 0 atom stereocenters. The van der Waals surface area contributed by atoms with Gasteiger partial charge in [0.1, 0.15) is 0 Å². The van der Waals surface area contributed by atoms with Crippen LogP contribution in [0.2, 0.25) is 0 Å². The van der Waals surface area contributed by atoms with Gasteiger partial charge in [0.25, 0.3) is 5.91 Å². The predicted molar refractivity (Wildman–Crippen MR) is 92.7 cm³/mol. The van der Waals surface area contributed by atoms with Crippen LogP contribution in [0.3, 0.4) is 0 Å². The maximum Gasteiger partial charge on any atom is 0.251 e. The van der Waals surface area contributed by atoms with Crippen LogP contribution in [0.25, 0.3) is 0 Å². The first kappa shape index (κ1) is 17.0. The molecule has 0 bridgehead atoms. The van der Waals surface area contributed by atoms with E-state index in [1.165, 1.54) is 11.8 Å². The number of amides is 2. The molecule has 6 heteroatoms. The molecule has 5 nitrogen and oxygen atoms in total. The van der Waals surface area contributed by atoms with Gasteiger partial charge in [0.05, 0.1) is 5.75 Å². The van der Waals surface area contributed by atoms with Crippen LogP contribution >= 0.6 is 11.8 Å². The van der Waals surface area contributed by atoms with Crippen LogP contribution in [0.5, 0.6) is 0 Å². The van der Waals surface area contributed by atoms with Crippen molar-refractivity contribution in [3.63, 3.8) is 0 Å². The molecule has 2 amide bonds. The summed E-state index contributed by atoms with van der Waals surface area (Å²) < 4.78 is 0. The third-order valence-corrected chi connectivity index (χ3v) is 3.98. The quantitative estimate of drug-likeness (QED) is 0.766. The molecule has 0 saturated heterocycles. The summed E-state index contributed by atoms with van der Waals surface area (Å²) in [5, 5.41) is 5.62. The van der Waals surface area contributed by atoms with E-state index in [-0.39, 0.29) is 11.8 Å². The molecule has 23 heavy (non-hydrogen) atoms. The molecule has 2 N–H and O–H groups in total. The Kier molecular flexibility index (Phi) is 6.62. The molecule has 0 radical (unpaired) electrons. The van der Waals surface area contributed by atoms with Crippen molar-refractivity contribution in [1.82, 2.24) is 10.3 Å². The van der Waals surface area contributed by atoms with Gasteiger partial charge in [0, 0.05) is 35.1 Å². The molecule has 0 fully saturated rings. The highest BCUT2D eigenvalue weighted by molar-refractivity contribution is 8.00. The fourth-order valence-corrected chi connectivity index (χ4v) is 2.54. The van der Waals surface area contributed by atoms with Crippen molar-refractivity contribution < 1.29 is 9.59 Å². The SMILES string of the molecule is CCCNC(=O)c1cccc(NC(=O)CSc2ccncc2)c1. The Hall–Kier alpha value is -2.34. The Morgan fingerprint density at radius 2 is 1.96 bits per heavy atom. The minimum absolute atomic E-state index is 0.113. The number of carbonyl (C=O) groups is 2. The number of hydrogen-bond donors (Lipinski definition) is 2. The second-order valence-electron chi connectivity index (χ2n) is 4.86. The molecule has 0 aliphatic rings. The van der Waals surface area contributed by atoms with Crippen molar-refractivity contribution in [2.75, 3.05) is 17.6 Å². The highest BCUT2D eigenvalue weighted by Crippen LogP contribution is 2.17. The zero-order valence-corrected chi connectivity index (χ0v) is 13.7. The van der Waals surface area contributed by atoms with E-state index in [0.29, 0.717) is 23.5 Å². The molecule has 2 aromatic rings. The Labute approximate surface area is 139 Å². The van der Waals surface area contributed by atoms with E-state index >= 15 is 0 Å². The number of carbonyl (C=O) groups excluding carboxylic acids is 2. The van der Waals surface area contributed by atoms with Crippen LogP contribution in [0.15, 0.2) is 53.7 Å². The Morgan fingerprint density at radius 1 is 1.17 bits per heavy atom. The minimum atomic E-state index is -0.130. The monoisotopic (exact) mass is 329 g/mol. The largest absolute Gasteiger partial charge is 0.352 e. The summed E-state index contributed by atoms with van der Waals surface area (Å²) in [6.07, 6.45) is 4.27. The van der Waals surface area contributed by atoms with Gasteiger partial charge in [-0.3, -0.25) is 14.6 Å². The van der Waals surface area contributed by atoms with Crippen molar-refractivity contribution in [3.8, 4) is 0 Å². The molecule has 0 aliphatic heterocycles. The van der Waals surface area contributed by atoms with Crippen LogP contribution in [0.1, 0.15) is 23.7 Å². The normalized spacial score (nSPS) is 10.1. The third-order valence-electron chi connectivity index (χ3n) is 2.96. The average molecular weight is 329 g/mol. The molecule has 2 rings (SSSR count). The van der Waals surface area contributed by atoms with Gasteiger partial charge < -0.3 is 10.6 Å². The molecule has 0 aliphatic carbocycles. The van der Waals surface area contributed by atoms with Gasteiger partial charge in [-0.05, 0) is 36.8 Å². The molecule has 0 unspecified atom stereocenters. The maximum atomic E-state index is 12.0. The Bertz CT molecular complexity index is 662. The first-order valence-electron chi connectivity index (χ1n) is 7.40. The summed E-state index contributed by atoms with van der Waals surface area (Å²) in [5.41, 5.74) is 1.16. The number of rotatable bonds is 7. The molecular weight excluding hydrogens is 310 g/mol. The van der Waals surface area contributed by atoms with E-state index < -0.39 is 0 Å². The smallest absolute Gasteiger partial charge is 0.251 e. The lowest BCUT2D eigenvalue weighted by molar-refractivity contribution is -0.113. The van der Waals surface area contributed by atoms with Crippen LogP contribution in [0.4, 0.5) is 5.69 Å². The van der Waals surface area contributed by atoms with E-state index in [0.717, 1.165) is 11.3 Å². The summed E-state index contributed by atoms with van der Waals surface area (Å²) in [4.78, 5) is 28.8. The van der Waals surface area contributed by atoms with E-state index in [4.69, 9.17) is 0 Å². The molecule has 120 valence electrons. The van der Waals surface area contributed by atoms with Crippen molar-refractivity contribution >= 4 is 29.3 Å². The van der Waals surface area contributed by atoms with Crippen molar-refractivity contribution in [2.45, 2.75) is 18.2 Å². The van der Waals surface area contributed by atoms with Crippen LogP contribution in [-0.2, 0) is 4.79 Å². The Morgan fingerprint density at radius 3 is 2.70 bits per heavy atom. The number of nitrogens with one attached hydrogen (secondary N) is 2. The fourth-order valence-electron chi connectivity index (χ4n) is 1.86. The molecule has 0 spiro atoms. The highest BCUT2D eigenvalue weighted by Gasteiger charge is 2.08. The summed E-state index contributed by atoms with van der Waals surface area (Å²) in [7, 11) is 0. The number of thioether (sulfide) groups is 1. The van der Waals surface area contributed by atoms with Crippen molar-refractivity contribution in [3.05, 3.63) is 54.4 Å². The number of pyridine rings is 1. The molecule has 1 heterocycles. The number of nitrogens with zero attached hydrogens (tertiary/aromatic N) is 1. The molecule has 1 aromatic carbocycles. The topological polar surface area (TPSA) is 71.1 Å². The third kappa shape index (κ3) is 5.75. The minimum Gasteiger partial charge on any atom is -0.352 e. The van der Waals surface area contributed by atoms with E-state index in [9.17, 15) is 9.59 Å². The fraction of sp³-hybridized carbons (Fsp3) is 0.235. The molecule has 0 saturated carbocycles. The molecular formula is C17H19N3O2S. The lowest BCUT2D eigenvalue weighted by atomic mass is 10.2. The van der Waals surface area contributed by atoms with E-state index in [1.807, 2.05) is 19.1 Å². The highest BCUT2D eigenvalue weighted by atomic mass is 32.2. The van der Waals surface area contributed by atoms with Crippen LogP contribution in [0, 0.1) is 0 Å². The summed E-state index contributed by atoms with van der Waals surface area (Å²) in [6, 6.07) is 10.7. The van der Waals surface area contributed by atoms with Gasteiger partial charge in [0.2, 0.25) is 5.91 Å². The van der Waals surface area contributed by atoms with Crippen molar-refractivity contribution in [1.29, 1.82) is 0 Å². The van der Waals surface area contributed by atoms with Crippen LogP contribution in [-0.4, -0.2) is 29.1 Å². The second-order valence-corrected chi connectivity index (χ2v) is 5.91. The molecule has 1 aromatic heterocycles. The van der Waals surface area contributed by atoms with E-state index in [2.05, 4.69) is 15.6 Å². The summed E-state index contributed by atoms with van der Waals surface area (Å²) in [6.45, 7) is 2.63. The summed E-state index contributed by atoms with van der Waals surface area (Å²) >= 11 is 1.44. The van der Waals surface area contributed by atoms with Gasteiger partial charge in [-0.15, -0.1) is 11.8 Å². The number of anilines is 1. The lowest BCUT2D eigenvalue weighted by Gasteiger charge is -2.08. The van der Waals surface area contributed by atoms with Crippen molar-refractivity contribution in [2.24, 2.45) is 0 Å². The number of aromatic nitrogens is 1. The lowest BCUT2D eigenvalue weighted by Crippen LogP contribution is -2.24.